The highest BCUT2D eigenvalue weighted by Crippen LogP contribution is 2.46. The Kier molecular flexibility index (Phi) is 4.73. The highest BCUT2D eigenvalue weighted by Gasteiger charge is 2.41. The molecule has 0 saturated heterocycles. The highest BCUT2D eigenvalue weighted by atomic mass is 16.5. The summed E-state index contributed by atoms with van der Waals surface area (Å²) in [4.78, 5) is 3.56. The molecule has 3 rings (SSSR count). The van der Waals surface area contributed by atoms with Crippen LogP contribution in [0.15, 0.2) is 42.5 Å². The molecule has 0 N–H and O–H groups in total. The van der Waals surface area contributed by atoms with Crippen molar-refractivity contribution in [3.05, 3.63) is 76.1 Å². The van der Waals surface area contributed by atoms with Gasteiger partial charge in [-0.3, -0.25) is 0 Å². The highest BCUT2D eigenvalue weighted by molar-refractivity contribution is 5.54. The van der Waals surface area contributed by atoms with E-state index < -0.39 is 0 Å². The molecular formula is C22H25NO. The van der Waals surface area contributed by atoms with Gasteiger partial charge in [-0.15, -0.1) is 0 Å². The Morgan fingerprint density at radius 1 is 1.17 bits per heavy atom. The van der Waals surface area contributed by atoms with E-state index in [1.807, 2.05) is 12.1 Å². The molecule has 0 radical (unpaired) electrons. The minimum absolute atomic E-state index is 0.360. The number of hydrogen-bond donors (Lipinski definition) is 0. The average Bonchev–Trinajstić information content (AvgIpc) is 2.99. The maximum Gasteiger partial charge on any atom is 0.187 e. The quantitative estimate of drug-likeness (QED) is 0.587. The molecule has 1 aliphatic heterocycles. The molecule has 0 spiro atoms. The van der Waals surface area contributed by atoms with Crippen LogP contribution in [-0.4, -0.2) is 0 Å². The Morgan fingerprint density at radius 2 is 1.92 bits per heavy atom. The van der Waals surface area contributed by atoms with Crippen LogP contribution in [0.5, 0.6) is 0 Å². The number of nitrogens with zero attached hydrogens (tertiary/aromatic N) is 1. The number of rotatable bonds is 5. The fourth-order valence-corrected chi connectivity index (χ4v) is 3.59. The van der Waals surface area contributed by atoms with Gasteiger partial charge in [0, 0.05) is 0 Å². The lowest BCUT2D eigenvalue weighted by atomic mass is 9.81. The molecule has 2 aromatic rings. The molecule has 24 heavy (non-hydrogen) atoms. The molecule has 124 valence electrons. The molecule has 2 nitrogen and oxygen atoms in total. The van der Waals surface area contributed by atoms with Gasteiger partial charge in [0.1, 0.15) is 5.60 Å². The third kappa shape index (κ3) is 2.85. The summed E-state index contributed by atoms with van der Waals surface area (Å²) >= 11 is 0. The van der Waals surface area contributed by atoms with Crippen LogP contribution < -0.4 is 0 Å². The van der Waals surface area contributed by atoms with Gasteiger partial charge in [-0.05, 0) is 34.6 Å². The molecule has 0 fully saturated rings. The van der Waals surface area contributed by atoms with Crippen LogP contribution in [-0.2, 0) is 16.9 Å². The van der Waals surface area contributed by atoms with E-state index in [2.05, 4.69) is 55.9 Å². The molecule has 0 bridgehead atoms. The lowest BCUT2D eigenvalue weighted by Crippen LogP contribution is -2.27. The lowest BCUT2D eigenvalue weighted by Gasteiger charge is -2.31. The van der Waals surface area contributed by atoms with E-state index in [9.17, 15) is 0 Å². The lowest BCUT2D eigenvalue weighted by molar-refractivity contribution is -0.0131. The van der Waals surface area contributed by atoms with Crippen molar-refractivity contribution in [3.63, 3.8) is 0 Å². The van der Waals surface area contributed by atoms with Crippen molar-refractivity contribution in [1.82, 2.24) is 0 Å². The summed E-state index contributed by atoms with van der Waals surface area (Å²) in [7, 11) is 0. The van der Waals surface area contributed by atoms with Crippen molar-refractivity contribution in [2.24, 2.45) is 0 Å². The van der Waals surface area contributed by atoms with Gasteiger partial charge in [0.15, 0.2) is 5.69 Å². The van der Waals surface area contributed by atoms with E-state index in [1.165, 1.54) is 16.7 Å². The van der Waals surface area contributed by atoms with E-state index in [0.717, 1.165) is 24.8 Å². The minimum Gasteiger partial charge on any atom is -0.361 e. The SMILES string of the molecule is [C-]#[N+]c1ccc2c(c1)CO[C@@]2(CCCC)c1ccc(C(C)C)cc1. The molecule has 0 saturated carbocycles. The van der Waals surface area contributed by atoms with Crippen LogP contribution in [0.4, 0.5) is 5.69 Å². The summed E-state index contributed by atoms with van der Waals surface area (Å²) < 4.78 is 6.40. The van der Waals surface area contributed by atoms with Crippen LogP contribution in [0.25, 0.3) is 4.85 Å². The summed E-state index contributed by atoms with van der Waals surface area (Å²) in [5.74, 6) is 0.531. The monoisotopic (exact) mass is 319 g/mol. The Bertz CT molecular complexity index is 755. The summed E-state index contributed by atoms with van der Waals surface area (Å²) in [6, 6.07) is 14.9. The number of hydrogen-bond acceptors (Lipinski definition) is 1. The average molecular weight is 319 g/mol. The summed E-state index contributed by atoms with van der Waals surface area (Å²) in [6.07, 6.45) is 3.25. The topological polar surface area (TPSA) is 13.6 Å². The van der Waals surface area contributed by atoms with Gasteiger partial charge in [-0.2, -0.15) is 0 Å². The van der Waals surface area contributed by atoms with Crippen molar-refractivity contribution < 1.29 is 4.74 Å². The van der Waals surface area contributed by atoms with Gasteiger partial charge in [0.05, 0.1) is 13.2 Å². The number of fused-ring (bicyclic) bond motifs is 1. The van der Waals surface area contributed by atoms with E-state index in [0.29, 0.717) is 18.2 Å². The third-order valence-corrected chi connectivity index (χ3v) is 5.05. The fourth-order valence-electron chi connectivity index (χ4n) is 3.59. The largest absolute Gasteiger partial charge is 0.361 e. The number of benzene rings is 2. The molecule has 0 aromatic heterocycles. The second-order valence-corrected chi connectivity index (χ2v) is 6.95. The standard InChI is InChI=1S/C22H25NO/c1-5-6-13-22(19-9-7-17(8-10-19)16(2)3)21-12-11-20(23-4)14-18(21)15-24-22/h7-12,14,16H,5-6,13,15H2,1-3H3/t22-/m0/s1. The molecule has 1 aliphatic rings. The molecule has 0 amide bonds. The summed E-state index contributed by atoms with van der Waals surface area (Å²) in [5, 5.41) is 0. The van der Waals surface area contributed by atoms with Crippen molar-refractivity contribution in [2.45, 2.75) is 58.2 Å². The Balaban J connectivity index is 2.06. The van der Waals surface area contributed by atoms with Crippen molar-refractivity contribution >= 4 is 5.69 Å². The van der Waals surface area contributed by atoms with Gasteiger partial charge >= 0.3 is 0 Å². The van der Waals surface area contributed by atoms with E-state index >= 15 is 0 Å². The maximum absolute atomic E-state index is 7.23. The molecule has 1 atom stereocenters. The number of ether oxygens (including phenoxy) is 1. The van der Waals surface area contributed by atoms with Crippen LogP contribution in [0.1, 0.15) is 68.2 Å². The first-order valence-electron chi connectivity index (χ1n) is 8.86. The van der Waals surface area contributed by atoms with Crippen molar-refractivity contribution in [3.8, 4) is 0 Å². The van der Waals surface area contributed by atoms with Crippen LogP contribution >= 0.6 is 0 Å². The zero-order valence-corrected chi connectivity index (χ0v) is 14.8. The smallest absolute Gasteiger partial charge is 0.187 e. The molecular weight excluding hydrogens is 294 g/mol. The van der Waals surface area contributed by atoms with E-state index in [4.69, 9.17) is 11.3 Å². The summed E-state index contributed by atoms with van der Waals surface area (Å²) in [6.45, 7) is 14.5. The van der Waals surface area contributed by atoms with E-state index in [1.54, 1.807) is 0 Å². The molecule has 0 aliphatic carbocycles. The van der Waals surface area contributed by atoms with Gasteiger partial charge < -0.3 is 4.74 Å². The normalized spacial score (nSPS) is 19.3. The van der Waals surface area contributed by atoms with E-state index in [-0.39, 0.29) is 5.60 Å². The Hall–Kier alpha value is -2.11. The van der Waals surface area contributed by atoms with Gasteiger partial charge in [-0.25, -0.2) is 4.85 Å². The number of unbranched alkanes of at least 4 members (excludes halogenated alkanes) is 1. The molecule has 2 heteroatoms. The zero-order chi connectivity index (χ0) is 17.2. The first kappa shape index (κ1) is 16.7. The van der Waals surface area contributed by atoms with Gasteiger partial charge in [-0.1, -0.05) is 76.1 Å². The zero-order valence-electron chi connectivity index (χ0n) is 14.8. The van der Waals surface area contributed by atoms with Crippen LogP contribution in [0, 0.1) is 6.57 Å². The fraction of sp³-hybridized carbons (Fsp3) is 0.409. The van der Waals surface area contributed by atoms with Crippen LogP contribution in [0.2, 0.25) is 0 Å². The molecule has 2 aromatic carbocycles. The molecule has 0 unspecified atom stereocenters. The second kappa shape index (κ2) is 6.79. The maximum atomic E-state index is 7.23. The predicted molar refractivity (Wildman–Crippen MR) is 98.3 cm³/mol. The van der Waals surface area contributed by atoms with Crippen molar-refractivity contribution in [2.75, 3.05) is 0 Å². The van der Waals surface area contributed by atoms with Crippen LogP contribution in [0.3, 0.4) is 0 Å². The Morgan fingerprint density at radius 3 is 2.54 bits per heavy atom. The minimum atomic E-state index is -0.360. The first-order valence-corrected chi connectivity index (χ1v) is 8.86. The Labute approximate surface area is 145 Å². The molecule has 1 heterocycles. The van der Waals surface area contributed by atoms with Gasteiger partial charge in [0.2, 0.25) is 0 Å². The van der Waals surface area contributed by atoms with Gasteiger partial charge in [0.25, 0.3) is 0 Å². The second-order valence-electron chi connectivity index (χ2n) is 6.95. The predicted octanol–water partition coefficient (Wildman–Crippen LogP) is 6.32. The first-order chi connectivity index (χ1) is 11.6. The third-order valence-electron chi connectivity index (χ3n) is 5.05. The van der Waals surface area contributed by atoms with Crippen molar-refractivity contribution in [1.29, 1.82) is 0 Å². The summed E-state index contributed by atoms with van der Waals surface area (Å²) in [5.41, 5.74) is 5.31.